The Morgan fingerprint density at radius 3 is 2.74 bits per heavy atom. The van der Waals surface area contributed by atoms with Crippen molar-refractivity contribution in [3.05, 3.63) is 33.3 Å². The van der Waals surface area contributed by atoms with Gasteiger partial charge in [-0.2, -0.15) is 0 Å². The van der Waals surface area contributed by atoms with Crippen molar-refractivity contribution in [1.29, 1.82) is 0 Å². The van der Waals surface area contributed by atoms with Gasteiger partial charge in [0.2, 0.25) is 0 Å². The van der Waals surface area contributed by atoms with E-state index in [1.165, 1.54) is 37.5 Å². The van der Waals surface area contributed by atoms with Crippen LogP contribution in [0.3, 0.4) is 0 Å². The van der Waals surface area contributed by atoms with E-state index < -0.39 is 11.0 Å². The van der Waals surface area contributed by atoms with Crippen LogP contribution < -0.4 is 10.1 Å². The molecule has 1 fully saturated rings. The quantitative estimate of drug-likeness (QED) is 0.632. The van der Waals surface area contributed by atoms with Gasteiger partial charge in [-0.1, -0.05) is 30.9 Å². The molecule has 0 bridgehead atoms. The largest absolute Gasteiger partial charge is 0.479 e. The number of hydrogen-bond acceptors (Lipinski definition) is 4. The standard InChI is InChI=1S/C16H21ClN2O4/c1-11(16(20)18-10-12-5-3-2-4-6-12)23-15-8-7-13(19(21)22)9-14(15)17/h7-9,11-12H,2-6,10H2,1H3,(H,18,20). The second-order valence-corrected chi connectivity index (χ2v) is 6.29. The number of nitrogens with zero attached hydrogens (tertiary/aromatic N) is 1. The summed E-state index contributed by atoms with van der Waals surface area (Å²) >= 11 is 5.96. The number of ether oxygens (including phenoxy) is 1. The van der Waals surface area contributed by atoms with Crippen LogP contribution >= 0.6 is 11.6 Å². The third-order valence-corrected chi connectivity index (χ3v) is 4.38. The molecule has 1 unspecified atom stereocenters. The Hall–Kier alpha value is -1.82. The van der Waals surface area contributed by atoms with Crippen LogP contribution in [0.25, 0.3) is 0 Å². The van der Waals surface area contributed by atoms with Gasteiger partial charge in [0, 0.05) is 18.7 Å². The van der Waals surface area contributed by atoms with E-state index in [0.717, 1.165) is 12.8 Å². The minimum absolute atomic E-state index is 0.114. The number of rotatable bonds is 6. The van der Waals surface area contributed by atoms with Crippen LogP contribution in [0.5, 0.6) is 5.75 Å². The lowest BCUT2D eigenvalue weighted by Gasteiger charge is -2.23. The third kappa shape index (κ3) is 5.10. The molecule has 6 nitrogen and oxygen atoms in total. The number of amides is 1. The number of nitro benzene ring substituents is 1. The van der Waals surface area contributed by atoms with Gasteiger partial charge >= 0.3 is 0 Å². The summed E-state index contributed by atoms with van der Waals surface area (Å²) in [5, 5.41) is 13.7. The highest BCUT2D eigenvalue weighted by Crippen LogP contribution is 2.29. The predicted molar refractivity (Wildman–Crippen MR) is 87.8 cm³/mol. The lowest BCUT2D eigenvalue weighted by Crippen LogP contribution is -2.39. The number of halogens is 1. The summed E-state index contributed by atoms with van der Waals surface area (Å²) in [6.07, 6.45) is 5.34. The summed E-state index contributed by atoms with van der Waals surface area (Å²) in [6, 6.07) is 3.92. The summed E-state index contributed by atoms with van der Waals surface area (Å²) < 4.78 is 5.51. The zero-order valence-electron chi connectivity index (χ0n) is 13.1. The Bertz CT molecular complexity index is 573. The zero-order chi connectivity index (χ0) is 16.8. The highest BCUT2D eigenvalue weighted by Gasteiger charge is 2.20. The van der Waals surface area contributed by atoms with Crippen molar-refractivity contribution in [3.8, 4) is 5.75 Å². The molecule has 1 saturated carbocycles. The van der Waals surface area contributed by atoms with Crippen LogP contribution in [0.2, 0.25) is 5.02 Å². The van der Waals surface area contributed by atoms with Crippen LogP contribution in [0.1, 0.15) is 39.0 Å². The molecule has 0 aliphatic heterocycles. The fourth-order valence-electron chi connectivity index (χ4n) is 2.72. The number of nitrogens with one attached hydrogen (secondary N) is 1. The van der Waals surface area contributed by atoms with Crippen LogP contribution in [0, 0.1) is 16.0 Å². The average Bonchev–Trinajstić information content (AvgIpc) is 2.55. The fourth-order valence-corrected chi connectivity index (χ4v) is 2.94. The molecule has 1 aliphatic rings. The molecule has 23 heavy (non-hydrogen) atoms. The summed E-state index contributed by atoms with van der Waals surface area (Å²) in [7, 11) is 0. The molecule has 2 rings (SSSR count). The van der Waals surface area contributed by atoms with Crippen molar-refractivity contribution < 1.29 is 14.5 Å². The van der Waals surface area contributed by atoms with Gasteiger partial charge in [0.1, 0.15) is 5.75 Å². The van der Waals surface area contributed by atoms with Gasteiger partial charge in [-0.25, -0.2) is 0 Å². The number of carbonyl (C=O) groups excluding carboxylic acids is 1. The Morgan fingerprint density at radius 1 is 1.43 bits per heavy atom. The lowest BCUT2D eigenvalue weighted by atomic mass is 9.89. The summed E-state index contributed by atoms with van der Waals surface area (Å²) in [4.78, 5) is 22.2. The maximum absolute atomic E-state index is 12.1. The molecule has 0 aromatic heterocycles. The fraction of sp³-hybridized carbons (Fsp3) is 0.562. The first-order valence-corrected chi connectivity index (χ1v) is 8.23. The van der Waals surface area contributed by atoms with Crippen molar-refractivity contribution in [2.45, 2.75) is 45.1 Å². The maximum atomic E-state index is 12.1. The first kappa shape index (κ1) is 17.5. The smallest absolute Gasteiger partial charge is 0.271 e. The number of nitro groups is 1. The Labute approximate surface area is 140 Å². The van der Waals surface area contributed by atoms with Crippen LogP contribution in [-0.4, -0.2) is 23.5 Å². The SMILES string of the molecule is CC(Oc1ccc([N+](=O)[O-])cc1Cl)C(=O)NCC1CCCCC1. The van der Waals surface area contributed by atoms with E-state index in [9.17, 15) is 14.9 Å². The van der Waals surface area contributed by atoms with E-state index in [-0.39, 0.29) is 22.4 Å². The number of hydrogen-bond donors (Lipinski definition) is 1. The molecule has 0 radical (unpaired) electrons. The minimum Gasteiger partial charge on any atom is -0.479 e. The minimum atomic E-state index is -0.711. The van der Waals surface area contributed by atoms with Crippen molar-refractivity contribution in [3.63, 3.8) is 0 Å². The molecule has 1 aromatic carbocycles. The molecule has 7 heteroatoms. The highest BCUT2D eigenvalue weighted by molar-refractivity contribution is 6.32. The second kappa shape index (κ2) is 8.15. The molecule has 1 aliphatic carbocycles. The molecular weight excluding hydrogens is 320 g/mol. The van der Waals surface area contributed by atoms with Gasteiger partial charge < -0.3 is 10.1 Å². The van der Waals surface area contributed by atoms with E-state index in [2.05, 4.69) is 5.32 Å². The van der Waals surface area contributed by atoms with Crippen molar-refractivity contribution in [2.24, 2.45) is 5.92 Å². The monoisotopic (exact) mass is 340 g/mol. The van der Waals surface area contributed by atoms with Crippen LogP contribution in [0.4, 0.5) is 5.69 Å². The Kier molecular flexibility index (Phi) is 6.21. The molecular formula is C16H21ClN2O4. The Morgan fingerprint density at radius 2 is 2.13 bits per heavy atom. The van der Waals surface area contributed by atoms with Crippen LogP contribution in [-0.2, 0) is 4.79 Å². The summed E-state index contributed by atoms with van der Waals surface area (Å²) in [6.45, 7) is 2.30. The van der Waals surface area contributed by atoms with Crippen molar-refractivity contribution in [1.82, 2.24) is 5.32 Å². The molecule has 1 amide bonds. The molecule has 126 valence electrons. The van der Waals surface area contributed by atoms with Crippen LogP contribution in [0.15, 0.2) is 18.2 Å². The number of non-ortho nitro benzene ring substituents is 1. The first-order valence-electron chi connectivity index (χ1n) is 7.85. The van der Waals surface area contributed by atoms with Gasteiger partial charge in [0.25, 0.3) is 11.6 Å². The highest BCUT2D eigenvalue weighted by atomic mass is 35.5. The van der Waals surface area contributed by atoms with E-state index in [4.69, 9.17) is 16.3 Å². The zero-order valence-corrected chi connectivity index (χ0v) is 13.8. The normalized spacial score (nSPS) is 16.6. The number of benzene rings is 1. The predicted octanol–water partition coefficient (Wildman–Crippen LogP) is 3.71. The van der Waals surface area contributed by atoms with E-state index >= 15 is 0 Å². The molecule has 0 saturated heterocycles. The summed E-state index contributed by atoms with van der Waals surface area (Å²) in [5.41, 5.74) is -0.114. The second-order valence-electron chi connectivity index (χ2n) is 5.88. The summed E-state index contributed by atoms with van der Waals surface area (Å²) in [5.74, 6) is 0.602. The lowest BCUT2D eigenvalue weighted by molar-refractivity contribution is -0.384. The van der Waals surface area contributed by atoms with Gasteiger partial charge in [-0.05, 0) is 31.7 Å². The van der Waals surface area contributed by atoms with Gasteiger partial charge in [0.05, 0.1) is 9.95 Å². The molecule has 1 N–H and O–H groups in total. The molecule has 1 atom stereocenters. The maximum Gasteiger partial charge on any atom is 0.271 e. The van der Waals surface area contributed by atoms with Gasteiger partial charge in [0.15, 0.2) is 6.10 Å². The van der Waals surface area contributed by atoms with E-state index in [1.54, 1.807) is 6.92 Å². The average molecular weight is 341 g/mol. The molecule has 0 spiro atoms. The molecule has 1 aromatic rings. The Balaban J connectivity index is 1.86. The van der Waals surface area contributed by atoms with Gasteiger partial charge in [-0.3, -0.25) is 14.9 Å². The van der Waals surface area contributed by atoms with Crippen molar-refractivity contribution in [2.75, 3.05) is 6.54 Å². The number of carbonyl (C=O) groups is 1. The third-order valence-electron chi connectivity index (χ3n) is 4.09. The van der Waals surface area contributed by atoms with E-state index in [0.29, 0.717) is 12.5 Å². The van der Waals surface area contributed by atoms with E-state index in [1.807, 2.05) is 0 Å². The topological polar surface area (TPSA) is 81.5 Å². The first-order chi connectivity index (χ1) is 11.0. The van der Waals surface area contributed by atoms with Gasteiger partial charge in [-0.15, -0.1) is 0 Å². The van der Waals surface area contributed by atoms with Crippen molar-refractivity contribution >= 4 is 23.2 Å². The molecule has 0 heterocycles.